The molecule has 1 unspecified atom stereocenters. The zero-order valence-corrected chi connectivity index (χ0v) is 10.7. The van der Waals surface area contributed by atoms with Crippen LogP contribution in [0.15, 0.2) is 34.7 Å². The number of para-hydroxylation sites is 1. The van der Waals surface area contributed by atoms with Crippen LogP contribution in [0.1, 0.15) is 18.7 Å². The number of fused-ring (bicyclic) bond motifs is 1. The Labute approximate surface area is 115 Å². The Hall–Kier alpha value is -2.12. The molecule has 0 saturated heterocycles. The molecule has 1 aromatic heterocycles. The van der Waals surface area contributed by atoms with E-state index in [-0.39, 0.29) is 5.76 Å². The second kappa shape index (κ2) is 5.01. The van der Waals surface area contributed by atoms with Gasteiger partial charge in [0, 0.05) is 5.39 Å². The largest absolute Gasteiger partial charge is 0.463 e. The lowest BCUT2D eigenvalue weighted by atomic mass is 10.2. The van der Waals surface area contributed by atoms with E-state index in [9.17, 15) is 26.7 Å². The molecule has 3 nitrogen and oxygen atoms in total. The van der Waals surface area contributed by atoms with Crippen LogP contribution in [-0.2, 0) is 4.79 Å². The van der Waals surface area contributed by atoms with Crippen LogP contribution in [0.3, 0.4) is 0 Å². The third-order valence-corrected chi connectivity index (χ3v) is 2.86. The lowest BCUT2D eigenvalue weighted by Crippen LogP contribution is -2.50. The Balaban J connectivity index is 2.18. The van der Waals surface area contributed by atoms with Crippen LogP contribution in [-0.4, -0.2) is 18.0 Å². The van der Waals surface area contributed by atoms with Crippen LogP contribution in [0, 0.1) is 0 Å². The maximum Gasteiger partial charge on any atom is 0.463 e. The summed E-state index contributed by atoms with van der Waals surface area (Å²) < 4.78 is 67.2. The van der Waals surface area contributed by atoms with Gasteiger partial charge in [0.05, 0.1) is 6.04 Å². The predicted octanol–water partition coefficient (Wildman–Crippen LogP) is 3.81. The molecule has 0 aliphatic carbocycles. The number of benzene rings is 1. The highest BCUT2D eigenvalue weighted by molar-refractivity contribution is 5.85. The number of alkyl halides is 5. The molecule has 2 aromatic rings. The number of halogens is 5. The molecular weight excluding hydrogens is 297 g/mol. The van der Waals surface area contributed by atoms with Gasteiger partial charge in [0.2, 0.25) is 0 Å². The van der Waals surface area contributed by atoms with Crippen LogP contribution >= 0.6 is 0 Å². The maximum absolute atomic E-state index is 12.8. The molecule has 1 aromatic carbocycles. The molecule has 0 aliphatic rings. The number of hydrogen-bond acceptors (Lipinski definition) is 2. The summed E-state index contributed by atoms with van der Waals surface area (Å²) in [5.41, 5.74) is 0.441. The van der Waals surface area contributed by atoms with Gasteiger partial charge in [-0.15, -0.1) is 0 Å². The standard InChI is InChI=1S/C13H10F5NO2/c1-7(19-11(20)12(14,15)13(16,17)18)10-6-8-4-2-3-5-9(8)21-10/h2-7H,1H3,(H,19,20). The SMILES string of the molecule is CC(NC(=O)C(F)(F)C(F)(F)F)c1cc2ccccc2o1. The molecule has 1 amide bonds. The summed E-state index contributed by atoms with van der Waals surface area (Å²) >= 11 is 0. The third-order valence-electron chi connectivity index (χ3n) is 2.86. The molecule has 1 heterocycles. The first kappa shape index (κ1) is 15.3. The molecule has 114 valence electrons. The smallest absolute Gasteiger partial charge is 0.459 e. The molecule has 0 spiro atoms. The minimum atomic E-state index is -5.94. The highest BCUT2D eigenvalue weighted by Crippen LogP contribution is 2.36. The van der Waals surface area contributed by atoms with Gasteiger partial charge in [-0.25, -0.2) is 0 Å². The van der Waals surface area contributed by atoms with E-state index in [1.54, 1.807) is 29.6 Å². The summed E-state index contributed by atoms with van der Waals surface area (Å²) in [6.45, 7) is 1.25. The Bertz CT molecular complexity index is 629. The lowest BCUT2D eigenvalue weighted by molar-refractivity contribution is -0.270. The van der Waals surface area contributed by atoms with Gasteiger partial charge < -0.3 is 9.73 Å². The monoisotopic (exact) mass is 307 g/mol. The maximum atomic E-state index is 12.8. The van der Waals surface area contributed by atoms with E-state index in [2.05, 4.69) is 0 Å². The summed E-state index contributed by atoms with van der Waals surface area (Å²) in [7, 11) is 0. The van der Waals surface area contributed by atoms with E-state index < -0.39 is 24.0 Å². The fraction of sp³-hybridized carbons (Fsp3) is 0.308. The van der Waals surface area contributed by atoms with E-state index in [0.717, 1.165) is 0 Å². The van der Waals surface area contributed by atoms with Crippen LogP contribution in [0.2, 0.25) is 0 Å². The second-order valence-electron chi connectivity index (χ2n) is 4.45. The van der Waals surface area contributed by atoms with Crippen molar-refractivity contribution in [1.82, 2.24) is 5.32 Å². The first-order valence-electron chi connectivity index (χ1n) is 5.87. The number of rotatable bonds is 3. The molecule has 8 heteroatoms. The number of hydrogen-bond donors (Lipinski definition) is 1. The van der Waals surface area contributed by atoms with Gasteiger partial charge in [0.25, 0.3) is 0 Å². The topological polar surface area (TPSA) is 42.2 Å². The lowest BCUT2D eigenvalue weighted by Gasteiger charge is -2.20. The van der Waals surface area contributed by atoms with Crippen molar-refractivity contribution in [1.29, 1.82) is 0 Å². The number of carbonyl (C=O) groups excluding carboxylic acids is 1. The fourth-order valence-corrected chi connectivity index (χ4v) is 1.70. The number of carbonyl (C=O) groups is 1. The van der Waals surface area contributed by atoms with E-state index in [0.29, 0.717) is 11.0 Å². The summed E-state index contributed by atoms with van der Waals surface area (Å²) in [5.74, 6) is -7.78. The van der Waals surface area contributed by atoms with E-state index in [4.69, 9.17) is 4.42 Å². The first-order valence-corrected chi connectivity index (χ1v) is 5.87. The van der Waals surface area contributed by atoms with E-state index >= 15 is 0 Å². The number of nitrogens with one attached hydrogen (secondary N) is 1. The fourth-order valence-electron chi connectivity index (χ4n) is 1.70. The summed E-state index contributed by atoms with van der Waals surface area (Å²) in [4.78, 5) is 11.1. The van der Waals surface area contributed by atoms with Gasteiger partial charge in [-0.05, 0) is 19.1 Å². The highest BCUT2D eigenvalue weighted by Gasteiger charge is 2.63. The molecule has 0 radical (unpaired) electrons. The average molecular weight is 307 g/mol. The summed E-state index contributed by atoms with van der Waals surface area (Å²) in [6.07, 6.45) is -5.94. The summed E-state index contributed by atoms with van der Waals surface area (Å²) in [6, 6.07) is 7.02. The third kappa shape index (κ3) is 2.84. The molecule has 0 aliphatic heterocycles. The summed E-state index contributed by atoms with van der Waals surface area (Å²) in [5, 5.41) is 2.25. The molecule has 1 atom stereocenters. The van der Waals surface area contributed by atoms with Crippen molar-refractivity contribution in [3.05, 3.63) is 36.1 Å². The normalized spacial score (nSPS) is 14.2. The highest BCUT2D eigenvalue weighted by atomic mass is 19.4. The van der Waals surface area contributed by atoms with Crippen molar-refractivity contribution < 1.29 is 31.2 Å². The minimum absolute atomic E-state index is 0.0857. The average Bonchev–Trinajstić information content (AvgIpc) is 2.80. The predicted molar refractivity (Wildman–Crippen MR) is 63.8 cm³/mol. The van der Waals surface area contributed by atoms with Crippen molar-refractivity contribution in [2.45, 2.75) is 25.1 Å². The molecule has 0 bridgehead atoms. The zero-order chi connectivity index (χ0) is 15.8. The van der Waals surface area contributed by atoms with Crippen molar-refractivity contribution in [3.63, 3.8) is 0 Å². The van der Waals surface area contributed by atoms with Crippen LogP contribution < -0.4 is 5.32 Å². The van der Waals surface area contributed by atoms with E-state index in [1.807, 2.05) is 0 Å². The molecular formula is C13H10F5NO2. The van der Waals surface area contributed by atoms with Gasteiger partial charge in [0.1, 0.15) is 11.3 Å². The molecule has 2 rings (SSSR count). The molecule has 1 N–H and O–H groups in total. The van der Waals surface area contributed by atoms with Gasteiger partial charge in [-0.3, -0.25) is 4.79 Å². The van der Waals surface area contributed by atoms with Gasteiger partial charge in [-0.1, -0.05) is 18.2 Å². The van der Waals surface area contributed by atoms with Crippen molar-refractivity contribution in [2.24, 2.45) is 0 Å². The Morgan fingerprint density at radius 1 is 1.19 bits per heavy atom. The minimum Gasteiger partial charge on any atom is -0.459 e. The van der Waals surface area contributed by atoms with Crippen LogP contribution in [0.25, 0.3) is 11.0 Å². The van der Waals surface area contributed by atoms with Crippen LogP contribution in [0.4, 0.5) is 22.0 Å². The van der Waals surface area contributed by atoms with E-state index in [1.165, 1.54) is 13.0 Å². The Morgan fingerprint density at radius 2 is 1.81 bits per heavy atom. The van der Waals surface area contributed by atoms with Gasteiger partial charge in [-0.2, -0.15) is 22.0 Å². The van der Waals surface area contributed by atoms with Crippen molar-refractivity contribution in [3.8, 4) is 0 Å². The van der Waals surface area contributed by atoms with Gasteiger partial charge >= 0.3 is 18.0 Å². The number of furan rings is 1. The van der Waals surface area contributed by atoms with Crippen LogP contribution in [0.5, 0.6) is 0 Å². The Morgan fingerprint density at radius 3 is 2.38 bits per heavy atom. The molecule has 21 heavy (non-hydrogen) atoms. The quantitative estimate of drug-likeness (QED) is 0.876. The Kier molecular flexibility index (Phi) is 3.65. The second-order valence-corrected chi connectivity index (χ2v) is 4.45. The van der Waals surface area contributed by atoms with Crippen molar-refractivity contribution in [2.75, 3.05) is 0 Å². The van der Waals surface area contributed by atoms with Crippen molar-refractivity contribution >= 4 is 16.9 Å². The first-order chi connectivity index (χ1) is 9.63. The van der Waals surface area contributed by atoms with Gasteiger partial charge in [0.15, 0.2) is 0 Å². The number of amides is 1. The zero-order valence-electron chi connectivity index (χ0n) is 10.7. The molecule has 0 fully saturated rings. The molecule has 0 saturated carbocycles.